The van der Waals surface area contributed by atoms with Gasteiger partial charge in [-0.25, -0.2) is 4.79 Å². The Morgan fingerprint density at radius 2 is 1.88 bits per heavy atom. The summed E-state index contributed by atoms with van der Waals surface area (Å²) in [5, 5.41) is 6.31. The molecule has 166 valence electrons. The van der Waals surface area contributed by atoms with Crippen LogP contribution in [0.5, 0.6) is 0 Å². The number of furan rings is 1. The third-order valence-electron chi connectivity index (χ3n) is 4.61. The number of nitrogens with one attached hydrogen (secondary N) is 2. The number of hydrogen-bond donors (Lipinski definition) is 2. The number of benzene rings is 2. The van der Waals surface area contributed by atoms with Crippen molar-refractivity contribution in [1.29, 1.82) is 0 Å². The molecule has 3 rings (SSSR count). The molecule has 0 saturated heterocycles. The van der Waals surface area contributed by atoms with Gasteiger partial charge in [0.2, 0.25) is 0 Å². The highest BCUT2D eigenvalue weighted by atomic mass is 35.5. The summed E-state index contributed by atoms with van der Waals surface area (Å²) in [5.41, 5.74) is 2.04. The van der Waals surface area contributed by atoms with E-state index in [1.807, 2.05) is 0 Å². The lowest BCUT2D eigenvalue weighted by molar-refractivity contribution is -0.124. The number of halogens is 2. The fraction of sp³-hybridized carbons (Fsp3) is 0.174. The second-order valence-corrected chi connectivity index (χ2v) is 7.84. The molecule has 9 heteroatoms. The van der Waals surface area contributed by atoms with Crippen LogP contribution in [0.4, 0.5) is 5.69 Å². The van der Waals surface area contributed by atoms with Gasteiger partial charge in [-0.05, 0) is 61.4 Å². The van der Waals surface area contributed by atoms with Gasteiger partial charge in [0.1, 0.15) is 0 Å². The summed E-state index contributed by atoms with van der Waals surface area (Å²) in [7, 11) is 0. The topological polar surface area (TPSA) is 97.6 Å². The minimum atomic E-state index is -0.703. The highest BCUT2D eigenvalue weighted by Crippen LogP contribution is 2.26. The van der Waals surface area contributed by atoms with Crippen LogP contribution in [-0.4, -0.2) is 24.4 Å². The maximum atomic E-state index is 12.4. The van der Waals surface area contributed by atoms with E-state index in [1.54, 1.807) is 50.2 Å². The number of anilines is 1. The first kappa shape index (κ1) is 23.4. The third-order valence-corrected chi connectivity index (χ3v) is 5.17. The Bertz CT molecular complexity index is 1150. The molecule has 1 heterocycles. The standard InChI is InChI=1S/C23H20Cl2N2O5/c1-13-5-6-15(10-19(13)27-22(29)20-4-3-9-31-20)23(30)32-12-21(28)26-14(2)17-8-7-16(24)11-18(17)25/h3-11,14H,12H2,1-2H3,(H,26,28)(H,27,29). The SMILES string of the molecule is Cc1ccc(C(=O)OCC(=O)NC(C)c2ccc(Cl)cc2Cl)cc1NC(=O)c1ccco1. The molecule has 0 aliphatic rings. The lowest BCUT2D eigenvalue weighted by Crippen LogP contribution is -2.31. The Hall–Kier alpha value is -3.29. The van der Waals surface area contributed by atoms with Crippen LogP contribution >= 0.6 is 23.2 Å². The van der Waals surface area contributed by atoms with Gasteiger partial charge in [0.25, 0.3) is 11.8 Å². The van der Waals surface area contributed by atoms with Gasteiger partial charge in [-0.2, -0.15) is 0 Å². The summed E-state index contributed by atoms with van der Waals surface area (Å²) in [6.45, 7) is 3.06. The molecular formula is C23H20Cl2N2O5. The fourth-order valence-electron chi connectivity index (χ4n) is 2.90. The summed E-state index contributed by atoms with van der Waals surface area (Å²) >= 11 is 12.0. The number of hydrogen-bond acceptors (Lipinski definition) is 5. The van der Waals surface area contributed by atoms with Crippen molar-refractivity contribution in [2.75, 3.05) is 11.9 Å². The fourth-order valence-corrected chi connectivity index (χ4v) is 3.48. The predicted octanol–water partition coefficient (Wildman–Crippen LogP) is 5.18. The summed E-state index contributed by atoms with van der Waals surface area (Å²) in [6, 6.07) is 12.4. The normalized spacial score (nSPS) is 11.5. The quantitative estimate of drug-likeness (QED) is 0.459. The second-order valence-electron chi connectivity index (χ2n) is 6.99. The van der Waals surface area contributed by atoms with E-state index < -0.39 is 30.4 Å². The number of esters is 1. The van der Waals surface area contributed by atoms with Gasteiger partial charge in [-0.15, -0.1) is 0 Å². The molecule has 0 bridgehead atoms. The van der Waals surface area contributed by atoms with Gasteiger partial charge in [-0.3, -0.25) is 9.59 Å². The van der Waals surface area contributed by atoms with Crippen LogP contribution in [0.2, 0.25) is 10.0 Å². The molecule has 0 radical (unpaired) electrons. The highest BCUT2D eigenvalue weighted by Gasteiger charge is 2.17. The monoisotopic (exact) mass is 474 g/mol. The second kappa shape index (κ2) is 10.3. The minimum absolute atomic E-state index is 0.143. The maximum absolute atomic E-state index is 12.4. The van der Waals surface area contributed by atoms with E-state index in [4.69, 9.17) is 32.4 Å². The zero-order chi connectivity index (χ0) is 23.3. The third kappa shape index (κ3) is 5.90. The summed E-state index contributed by atoms with van der Waals surface area (Å²) < 4.78 is 10.2. The molecule has 2 aromatic carbocycles. The average molecular weight is 475 g/mol. The molecule has 1 aromatic heterocycles. The number of carbonyl (C=O) groups excluding carboxylic acids is 3. The predicted molar refractivity (Wildman–Crippen MR) is 121 cm³/mol. The van der Waals surface area contributed by atoms with Crippen molar-refractivity contribution in [2.45, 2.75) is 19.9 Å². The number of carbonyl (C=O) groups is 3. The van der Waals surface area contributed by atoms with E-state index in [1.165, 1.54) is 18.4 Å². The zero-order valence-electron chi connectivity index (χ0n) is 17.3. The summed E-state index contributed by atoms with van der Waals surface area (Å²) in [6.07, 6.45) is 1.39. The van der Waals surface area contributed by atoms with Crippen LogP contribution in [0.15, 0.2) is 59.2 Å². The molecule has 2 N–H and O–H groups in total. The van der Waals surface area contributed by atoms with Gasteiger partial charge in [0.15, 0.2) is 12.4 Å². The Morgan fingerprint density at radius 1 is 1.09 bits per heavy atom. The Morgan fingerprint density at radius 3 is 2.56 bits per heavy atom. The van der Waals surface area contributed by atoms with Crippen molar-refractivity contribution in [3.63, 3.8) is 0 Å². The van der Waals surface area contributed by atoms with E-state index in [0.717, 1.165) is 5.56 Å². The number of amides is 2. The van der Waals surface area contributed by atoms with E-state index >= 15 is 0 Å². The van der Waals surface area contributed by atoms with Crippen molar-refractivity contribution >= 4 is 46.7 Å². The Kier molecular flexibility index (Phi) is 7.56. The van der Waals surface area contributed by atoms with Gasteiger partial charge in [0.05, 0.1) is 17.9 Å². The average Bonchev–Trinajstić information content (AvgIpc) is 3.28. The van der Waals surface area contributed by atoms with Crippen molar-refractivity contribution in [2.24, 2.45) is 0 Å². The molecule has 2 amide bonds. The molecule has 3 aromatic rings. The first-order valence-corrected chi connectivity index (χ1v) is 10.4. The Balaban J connectivity index is 1.58. The Labute approximate surface area is 194 Å². The molecule has 0 aliphatic carbocycles. The van der Waals surface area contributed by atoms with Crippen molar-refractivity contribution in [1.82, 2.24) is 5.32 Å². The van der Waals surface area contributed by atoms with E-state index in [0.29, 0.717) is 21.3 Å². The molecule has 0 saturated carbocycles. The van der Waals surface area contributed by atoms with Crippen molar-refractivity contribution in [3.05, 3.63) is 87.3 Å². The first-order chi connectivity index (χ1) is 15.2. The van der Waals surface area contributed by atoms with Crippen molar-refractivity contribution in [3.8, 4) is 0 Å². The number of aryl methyl sites for hydroxylation is 1. The summed E-state index contributed by atoms with van der Waals surface area (Å²) in [4.78, 5) is 36.8. The smallest absolute Gasteiger partial charge is 0.338 e. The van der Waals surface area contributed by atoms with Gasteiger partial charge in [-0.1, -0.05) is 35.3 Å². The van der Waals surface area contributed by atoms with E-state index in [9.17, 15) is 14.4 Å². The highest BCUT2D eigenvalue weighted by molar-refractivity contribution is 6.35. The molecule has 1 unspecified atom stereocenters. The minimum Gasteiger partial charge on any atom is -0.459 e. The van der Waals surface area contributed by atoms with Crippen LogP contribution in [0, 0.1) is 6.92 Å². The number of rotatable bonds is 7. The zero-order valence-corrected chi connectivity index (χ0v) is 18.8. The molecule has 7 nitrogen and oxygen atoms in total. The molecule has 0 spiro atoms. The first-order valence-electron chi connectivity index (χ1n) is 9.61. The maximum Gasteiger partial charge on any atom is 0.338 e. The van der Waals surface area contributed by atoms with Crippen LogP contribution in [0.25, 0.3) is 0 Å². The van der Waals surface area contributed by atoms with Crippen LogP contribution in [-0.2, 0) is 9.53 Å². The molecule has 32 heavy (non-hydrogen) atoms. The van der Waals surface area contributed by atoms with E-state index in [-0.39, 0.29) is 11.3 Å². The van der Waals surface area contributed by atoms with Crippen LogP contribution < -0.4 is 10.6 Å². The lowest BCUT2D eigenvalue weighted by Gasteiger charge is -2.16. The van der Waals surface area contributed by atoms with E-state index in [2.05, 4.69) is 10.6 Å². The van der Waals surface area contributed by atoms with Gasteiger partial charge in [0, 0.05) is 15.7 Å². The van der Waals surface area contributed by atoms with Crippen molar-refractivity contribution < 1.29 is 23.5 Å². The number of ether oxygens (including phenoxy) is 1. The molecule has 1 atom stereocenters. The van der Waals surface area contributed by atoms with Gasteiger partial charge < -0.3 is 19.8 Å². The molecule has 0 fully saturated rings. The van der Waals surface area contributed by atoms with Crippen LogP contribution in [0.3, 0.4) is 0 Å². The van der Waals surface area contributed by atoms with Gasteiger partial charge >= 0.3 is 5.97 Å². The molecule has 0 aliphatic heterocycles. The molecular weight excluding hydrogens is 455 g/mol. The largest absolute Gasteiger partial charge is 0.459 e. The van der Waals surface area contributed by atoms with Crippen LogP contribution in [0.1, 0.15) is 45.0 Å². The lowest BCUT2D eigenvalue weighted by atomic mass is 10.1. The summed E-state index contributed by atoms with van der Waals surface area (Å²) in [5.74, 6) is -1.50.